The molecule has 1 amide bonds. The van der Waals surface area contributed by atoms with E-state index in [1.165, 1.54) is 0 Å². The van der Waals surface area contributed by atoms with Gasteiger partial charge in [-0.15, -0.1) is 0 Å². The molecule has 4 nitrogen and oxygen atoms in total. The first kappa shape index (κ1) is 13.6. The number of rotatable bonds is 5. The number of nitrogens with one attached hydrogen (secondary N) is 1. The van der Waals surface area contributed by atoms with Gasteiger partial charge in [-0.25, -0.2) is 0 Å². The van der Waals surface area contributed by atoms with Gasteiger partial charge in [-0.05, 0) is 43.0 Å². The zero-order valence-electron chi connectivity index (χ0n) is 11.2. The summed E-state index contributed by atoms with van der Waals surface area (Å²) in [6, 6.07) is 5.64. The minimum Gasteiger partial charge on any atom is -0.494 e. The third kappa shape index (κ3) is 3.56. The maximum Gasteiger partial charge on any atom is 0.219 e. The Morgan fingerprint density at radius 2 is 2.21 bits per heavy atom. The molecule has 1 aromatic rings. The number of ketones is 1. The van der Waals surface area contributed by atoms with Crippen LogP contribution in [-0.4, -0.2) is 25.3 Å². The molecule has 0 aromatic heterocycles. The molecule has 0 unspecified atom stereocenters. The lowest BCUT2D eigenvalue weighted by Gasteiger charge is -2.15. The summed E-state index contributed by atoms with van der Waals surface area (Å²) in [5.74, 6) is 1.04. The summed E-state index contributed by atoms with van der Waals surface area (Å²) in [5.41, 5.74) is 1.92. The Bertz CT molecular complexity index is 482. The van der Waals surface area contributed by atoms with Gasteiger partial charge in [0, 0.05) is 25.5 Å². The molecule has 4 heteroatoms. The summed E-state index contributed by atoms with van der Waals surface area (Å²) < 4.78 is 5.61. The van der Waals surface area contributed by atoms with E-state index in [-0.39, 0.29) is 11.7 Å². The van der Waals surface area contributed by atoms with E-state index in [1.54, 1.807) is 7.05 Å². The van der Waals surface area contributed by atoms with Crippen molar-refractivity contribution in [3.63, 3.8) is 0 Å². The average molecular weight is 261 g/mol. The van der Waals surface area contributed by atoms with Crippen molar-refractivity contribution in [1.29, 1.82) is 0 Å². The maximum absolute atomic E-state index is 11.7. The van der Waals surface area contributed by atoms with Crippen LogP contribution in [0, 0.1) is 0 Å². The number of hydrogen-bond acceptors (Lipinski definition) is 3. The van der Waals surface area contributed by atoms with Crippen LogP contribution >= 0.6 is 0 Å². The SMILES string of the molecule is CNC(=O)CCCOc1ccc2c(c1)CCCC2=O. The molecule has 1 N–H and O–H groups in total. The van der Waals surface area contributed by atoms with Gasteiger partial charge in [0.25, 0.3) is 0 Å². The second-order valence-electron chi connectivity index (χ2n) is 4.72. The molecule has 102 valence electrons. The Labute approximate surface area is 113 Å². The van der Waals surface area contributed by atoms with E-state index in [4.69, 9.17) is 4.74 Å². The highest BCUT2D eigenvalue weighted by Gasteiger charge is 2.17. The van der Waals surface area contributed by atoms with E-state index in [9.17, 15) is 9.59 Å². The molecule has 0 heterocycles. The van der Waals surface area contributed by atoms with Crippen molar-refractivity contribution in [3.8, 4) is 5.75 Å². The number of aryl methyl sites for hydroxylation is 1. The first-order valence-electron chi connectivity index (χ1n) is 6.70. The topological polar surface area (TPSA) is 55.4 Å². The monoisotopic (exact) mass is 261 g/mol. The predicted molar refractivity (Wildman–Crippen MR) is 72.5 cm³/mol. The van der Waals surface area contributed by atoms with Crippen molar-refractivity contribution < 1.29 is 14.3 Å². The van der Waals surface area contributed by atoms with E-state index in [1.807, 2.05) is 18.2 Å². The van der Waals surface area contributed by atoms with Gasteiger partial charge in [0.2, 0.25) is 5.91 Å². The Hall–Kier alpha value is -1.84. The van der Waals surface area contributed by atoms with Crippen LogP contribution in [0.25, 0.3) is 0 Å². The molecule has 0 radical (unpaired) electrons. The highest BCUT2D eigenvalue weighted by molar-refractivity contribution is 5.98. The van der Waals surface area contributed by atoms with Crippen LogP contribution < -0.4 is 10.1 Å². The van der Waals surface area contributed by atoms with Gasteiger partial charge in [0.15, 0.2) is 5.78 Å². The van der Waals surface area contributed by atoms with Crippen molar-refractivity contribution >= 4 is 11.7 Å². The fourth-order valence-corrected chi connectivity index (χ4v) is 2.26. The van der Waals surface area contributed by atoms with E-state index in [2.05, 4.69) is 5.32 Å². The van der Waals surface area contributed by atoms with Crippen molar-refractivity contribution in [2.75, 3.05) is 13.7 Å². The number of carbonyl (C=O) groups is 2. The zero-order valence-corrected chi connectivity index (χ0v) is 11.2. The van der Waals surface area contributed by atoms with Gasteiger partial charge in [-0.2, -0.15) is 0 Å². The Balaban J connectivity index is 1.88. The number of hydrogen-bond donors (Lipinski definition) is 1. The number of fused-ring (bicyclic) bond motifs is 1. The van der Waals surface area contributed by atoms with Gasteiger partial charge < -0.3 is 10.1 Å². The molecule has 0 atom stereocenters. The van der Waals surface area contributed by atoms with Gasteiger partial charge in [0.05, 0.1) is 6.61 Å². The summed E-state index contributed by atoms with van der Waals surface area (Å²) in [6.45, 7) is 0.514. The molecule has 0 fully saturated rings. The van der Waals surface area contributed by atoms with Crippen LogP contribution in [0.1, 0.15) is 41.6 Å². The normalized spacial score (nSPS) is 13.8. The molecule has 0 saturated heterocycles. The van der Waals surface area contributed by atoms with E-state index >= 15 is 0 Å². The van der Waals surface area contributed by atoms with Crippen molar-refractivity contribution in [2.24, 2.45) is 0 Å². The smallest absolute Gasteiger partial charge is 0.219 e. The average Bonchev–Trinajstić information content (AvgIpc) is 2.43. The number of carbonyl (C=O) groups excluding carboxylic acids is 2. The molecule has 1 aliphatic carbocycles. The molecule has 1 aromatic carbocycles. The highest BCUT2D eigenvalue weighted by Crippen LogP contribution is 2.25. The van der Waals surface area contributed by atoms with Crippen LogP contribution in [0.5, 0.6) is 5.75 Å². The molecular formula is C15H19NO3. The second kappa shape index (κ2) is 6.36. The summed E-state index contributed by atoms with van der Waals surface area (Å²) in [7, 11) is 1.63. The number of ether oxygens (including phenoxy) is 1. The van der Waals surface area contributed by atoms with Crippen LogP contribution in [0.3, 0.4) is 0 Å². The molecule has 0 saturated carbocycles. The Kier molecular flexibility index (Phi) is 4.55. The van der Waals surface area contributed by atoms with Gasteiger partial charge >= 0.3 is 0 Å². The van der Waals surface area contributed by atoms with Crippen LogP contribution in [0.2, 0.25) is 0 Å². The summed E-state index contributed by atoms with van der Waals surface area (Å²) in [6.07, 6.45) is 3.68. The standard InChI is InChI=1S/C15H19NO3/c1-16-15(18)6-3-9-19-12-7-8-13-11(10-12)4-2-5-14(13)17/h7-8,10H,2-6,9H2,1H3,(H,16,18). The predicted octanol–water partition coefficient (Wildman–Crippen LogP) is 2.11. The van der Waals surface area contributed by atoms with Crippen LogP contribution in [-0.2, 0) is 11.2 Å². The fraction of sp³-hybridized carbons (Fsp3) is 0.467. The Morgan fingerprint density at radius 3 is 3.00 bits per heavy atom. The quantitative estimate of drug-likeness (QED) is 0.826. The first-order valence-corrected chi connectivity index (χ1v) is 6.70. The zero-order chi connectivity index (χ0) is 13.7. The maximum atomic E-state index is 11.7. The van der Waals surface area contributed by atoms with Gasteiger partial charge in [0.1, 0.15) is 5.75 Å². The summed E-state index contributed by atoms with van der Waals surface area (Å²) in [4.78, 5) is 22.7. The largest absolute Gasteiger partial charge is 0.494 e. The fourth-order valence-electron chi connectivity index (χ4n) is 2.26. The molecule has 2 rings (SSSR count). The molecule has 1 aliphatic rings. The molecule has 19 heavy (non-hydrogen) atoms. The molecule has 0 bridgehead atoms. The van der Waals surface area contributed by atoms with Gasteiger partial charge in [-0.3, -0.25) is 9.59 Å². The third-order valence-corrected chi connectivity index (χ3v) is 3.32. The van der Waals surface area contributed by atoms with Crippen LogP contribution in [0.4, 0.5) is 0 Å². The Morgan fingerprint density at radius 1 is 1.37 bits per heavy atom. The summed E-state index contributed by atoms with van der Waals surface area (Å²) >= 11 is 0. The van der Waals surface area contributed by atoms with Crippen molar-refractivity contribution in [2.45, 2.75) is 32.1 Å². The van der Waals surface area contributed by atoms with E-state index in [0.717, 1.165) is 29.7 Å². The van der Waals surface area contributed by atoms with Gasteiger partial charge in [-0.1, -0.05) is 0 Å². The number of amides is 1. The minimum absolute atomic E-state index is 0.0274. The molecule has 0 aliphatic heterocycles. The van der Waals surface area contributed by atoms with Crippen molar-refractivity contribution in [1.82, 2.24) is 5.32 Å². The summed E-state index contributed by atoms with van der Waals surface area (Å²) in [5, 5.41) is 2.58. The first-order chi connectivity index (χ1) is 9.20. The molecular weight excluding hydrogens is 242 g/mol. The highest BCUT2D eigenvalue weighted by atomic mass is 16.5. The van der Waals surface area contributed by atoms with E-state index < -0.39 is 0 Å². The van der Waals surface area contributed by atoms with E-state index in [0.29, 0.717) is 25.9 Å². The number of benzene rings is 1. The molecule has 0 spiro atoms. The second-order valence-corrected chi connectivity index (χ2v) is 4.72. The lowest BCUT2D eigenvalue weighted by molar-refractivity contribution is -0.120. The minimum atomic E-state index is 0.0274. The lowest BCUT2D eigenvalue weighted by atomic mass is 9.90. The van der Waals surface area contributed by atoms with Crippen LogP contribution in [0.15, 0.2) is 18.2 Å². The number of Topliss-reactive ketones (excluding diaryl/α,β-unsaturated/α-hetero) is 1. The third-order valence-electron chi connectivity index (χ3n) is 3.32. The van der Waals surface area contributed by atoms with Crippen molar-refractivity contribution in [3.05, 3.63) is 29.3 Å². The lowest BCUT2D eigenvalue weighted by Crippen LogP contribution is -2.18.